The second kappa shape index (κ2) is 6.85. The van der Waals surface area contributed by atoms with E-state index in [9.17, 15) is 0 Å². The topological polar surface area (TPSA) is 0 Å². The molecule has 1 aliphatic rings. The van der Waals surface area contributed by atoms with E-state index in [0.717, 1.165) is 0 Å². The van der Waals surface area contributed by atoms with Crippen molar-refractivity contribution in [3.63, 3.8) is 0 Å². The Kier molecular flexibility index (Phi) is 5.98. The Bertz CT molecular complexity index is 447. The third-order valence-corrected chi connectivity index (χ3v) is 10.5. The summed E-state index contributed by atoms with van der Waals surface area (Å²) < 4.78 is 0. The fourth-order valence-electron chi connectivity index (χ4n) is 2.01. The summed E-state index contributed by atoms with van der Waals surface area (Å²) in [5.41, 5.74) is 0. The Labute approximate surface area is 134 Å². The minimum atomic E-state index is 0.413. The largest absolute Gasteiger partial charge is 0.185 e. The summed E-state index contributed by atoms with van der Waals surface area (Å²) in [4.78, 5) is 9.25. The lowest BCUT2D eigenvalue weighted by atomic mass is 10.3. The van der Waals surface area contributed by atoms with Crippen LogP contribution >= 0.6 is 58.8 Å². The molecule has 0 amide bonds. The molecule has 0 fully saturated rings. The highest BCUT2D eigenvalue weighted by Gasteiger charge is 2.37. The van der Waals surface area contributed by atoms with Crippen LogP contribution in [0.2, 0.25) is 0 Å². The van der Waals surface area contributed by atoms with Crippen molar-refractivity contribution >= 4 is 69.7 Å². The monoisotopic (exact) mass is 353 g/mol. The molecule has 1 aromatic rings. The van der Waals surface area contributed by atoms with E-state index in [2.05, 4.69) is 43.0 Å². The van der Waals surface area contributed by atoms with Crippen LogP contribution in [0.3, 0.4) is 0 Å². The minimum absolute atomic E-state index is 0.413. The average molecular weight is 354 g/mol. The maximum Gasteiger partial charge on any atom is 0.185 e. The SMILES string of the molecule is CSc1c(SC)c(SC)c2c(c1SC)SC[S+]2C. The van der Waals surface area contributed by atoms with E-state index < -0.39 is 0 Å². The van der Waals surface area contributed by atoms with Gasteiger partial charge in [0.25, 0.3) is 0 Å². The van der Waals surface area contributed by atoms with Crippen molar-refractivity contribution < 1.29 is 0 Å². The zero-order chi connectivity index (χ0) is 13.3. The van der Waals surface area contributed by atoms with Crippen molar-refractivity contribution in [1.82, 2.24) is 0 Å². The van der Waals surface area contributed by atoms with Gasteiger partial charge < -0.3 is 0 Å². The third-order valence-electron chi connectivity index (χ3n) is 2.78. The Hall–Kier alpha value is 1.32. The number of fused-ring (bicyclic) bond motifs is 1. The second-order valence-corrected chi connectivity index (χ2v) is 10.3. The molecule has 6 heteroatoms. The van der Waals surface area contributed by atoms with Gasteiger partial charge in [-0.3, -0.25) is 0 Å². The minimum Gasteiger partial charge on any atom is -0.127 e. The standard InChI is InChI=1S/C12H17S6/c1-13-7-8(14-2)10(16-4)12-11(9(7)15-3)17-6-18(12)5/h6H2,1-5H3/q+1. The van der Waals surface area contributed by atoms with Crippen molar-refractivity contribution in [1.29, 1.82) is 0 Å². The van der Waals surface area contributed by atoms with E-state index in [-0.39, 0.29) is 0 Å². The predicted molar refractivity (Wildman–Crippen MR) is 95.8 cm³/mol. The van der Waals surface area contributed by atoms with Gasteiger partial charge in [-0.05, 0) is 25.0 Å². The maximum atomic E-state index is 2.39. The molecular formula is C12H17S6+. The molecule has 0 nitrogen and oxygen atoms in total. The molecule has 0 aromatic heterocycles. The zero-order valence-corrected chi connectivity index (χ0v) is 16.1. The van der Waals surface area contributed by atoms with Gasteiger partial charge in [-0.1, -0.05) is 11.8 Å². The fourth-order valence-corrected chi connectivity index (χ4v) is 10.9. The first-order valence-corrected chi connectivity index (χ1v) is 13.0. The van der Waals surface area contributed by atoms with Gasteiger partial charge in [-0.2, -0.15) is 0 Å². The fraction of sp³-hybridized carbons (Fsp3) is 0.500. The lowest BCUT2D eigenvalue weighted by molar-refractivity contribution is 0.880. The van der Waals surface area contributed by atoms with Crippen LogP contribution in [0, 0.1) is 0 Å². The molecule has 0 spiro atoms. The van der Waals surface area contributed by atoms with Gasteiger partial charge in [0.2, 0.25) is 0 Å². The number of thioether (sulfide) groups is 5. The molecule has 1 atom stereocenters. The number of hydrogen-bond donors (Lipinski definition) is 0. The summed E-state index contributed by atoms with van der Waals surface area (Å²) in [6.45, 7) is 0. The van der Waals surface area contributed by atoms with E-state index >= 15 is 0 Å². The summed E-state index contributed by atoms with van der Waals surface area (Å²) >= 11 is 9.72. The van der Waals surface area contributed by atoms with E-state index in [4.69, 9.17) is 0 Å². The van der Waals surface area contributed by atoms with Crippen molar-refractivity contribution in [2.45, 2.75) is 29.4 Å². The molecule has 1 aromatic carbocycles. The highest BCUT2D eigenvalue weighted by atomic mass is 32.2. The average Bonchev–Trinajstić information content (AvgIpc) is 2.77. The van der Waals surface area contributed by atoms with Gasteiger partial charge in [0.15, 0.2) is 9.98 Å². The normalized spacial score (nSPS) is 18.2. The van der Waals surface area contributed by atoms with E-state index in [0.29, 0.717) is 10.9 Å². The molecule has 1 heterocycles. The van der Waals surface area contributed by atoms with Gasteiger partial charge >= 0.3 is 0 Å². The highest BCUT2D eigenvalue weighted by Crippen LogP contribution is 2.54. The molecule has 0 aliphatic carbocycles. The molecule has 100 valence electrons. The Morgan fingerprint density at radius 1 is 0.833 bits per heavy atom. The van der Waals surface area contributed by atoms with Crippen LogP contribution in [0.5, 0.6) is 0 Å². The molecule has 0 N–H and O–H groups in total. The molecule has 0 radical (unpaired) electrons. The lowest BCUT2D eigenvalue weighted by Crippen LogP contribution is -2.01. The Morgan fingerprint density at radius 2 is 1.33 bits per heavy atom. The van der Waals surface area contributed by atoms with Crippen molar-refractivity contribution in [3.8, 4) is 0 Å². The van der Waals surface area contributed by atoms with E-state index in [1.54, 1.807) is 9.79 Å². The molecule has 1 unspecified atom stereocenters. The molecule has 0 saturated heterocycles. The molecule has 18 heavy (non-hydrogen) atoms. The molecule has 2 rings (SSSR count). The van der Waals surface area contributed by atoms with Crippen LogP contribution in [-0.2, 0) is 10.9 Å². The van der Waals surface area contributed by atoms with Crippen molar-refractivity contribution in [2.75, 3.05) is 36.4 Å². The molecule has 1 aliphatic heterocycles. The summed E-state index contributed by atoms with van der Waals surface area (Å²) in [7, 11) is 0.413. The van der Waals surface area contributed by atoms with Gasteiger partial charge in [0.05, 0.1) is 9.79 Å². The second-order valence-electron chi connectivity index (χ2n) is 3.69. The molecular weight excluding hydrogens is 337 g/mol. The number of rotatable bonds is 4. The van der Waals surface area contributed by atoms with Gasteiger partial charge in [0, 0.05) is 25.6 Å². The van der Waals surface area contributed by atoms with Crippen LogP contribution in [0.1, 0.15) is 0 Å². The Morgan fingerprint density at radius 3 is 1.83 bits per heavy atom. The van der Waals surface area contributed by atoms with Gasteiger partial charge in [-0.25, -0.2) is 0 Å². The first kappa shape index (κ1) is 15.7. The summed E-state index contributed by atoms with van der Waals surface area (Å²) in [5.74, 6) is 0. The van der Waals surface area contributed by atoms with E-state index in [1.807, 2.05) is 47.0 Å². The summed E-state index contributed by atoms with van der Waals surface area (Å²) in [5, 5.41) is 1.27. The van der Waals surface area contributed by atoms with Crippen LogP contribution in [0.15, 0.2) is 29.4 Å². The Balaban J connectivity index is 2.78. The zero-order valence-electron chi connectivity index (χ0n) is 11.2. The van der Waals surface area contributed by atoms with Crippen molar-refractivity contribution in [3.05, 3.63) is 0 Å². The maximum absolute atomic E-state index is 2.39. The van der Waals surface area contributed by atoms with Crippen LogP contribution in [0.25, 0.3) is 0 Å². The highest BCUT2D eigenvalue weighted by molar-refractivity contribution is 8.17. The first-order chi connectivity index (χ1) is 8.69. The van der Waals surface area contributed by atoms with Crippen molar-refractivity contribution in [2.24, 2.45) is 0 Å². The van der Waals surface area contributed by atoms with E-state index in [1.165, 1.54) is 24.7 Å². The number of benzene rings is 1. The van der Waals surface area contributed by atoms with Gasteiger partial charge in [-0.15, -0.1) is 47.0 Å². The van der Waals surface area contributed by atoms with Crippen LogP contribution in [-0.4, -0.2) is 36.4 Å². The number of hydrogen-bond acceptors (Lipinski definition) is 5. The molecule has 0 bridgehead atoms. The lowest BCUT2D eigenvalue weighted by Gasteiger charge is -2.16. The third kappa shape index (κ3) is 2.58. The quantitative estimate of drug-likeness (QED) is 0.534. The van der Waals surface area contributed by atoms with Crippen LogP contribution in [0.4, 0.5) is 0 Å². The van der Waals surface area contributed by atoms with Crippen LogP contribution < -0.4 is 0 Å². The molecule has 0 saturated carbocycles. The summed E-state index contributed by atoms with van der Waals surface area (Å²) in [6.07, 6.45) is 11.2. The van der Waals surface area contributed by atoms with Gasteiger partial charge in [0.1, 0.15) is 6.26 Å². The summed E-state index contributed by atoms with van der Waals surface area (Å²) in [6, 6.07) is 0. The first-order valence-electron chi connectivity index (χ1n) is 5.34. The predicted octanol–water partition coefficient (Wildman–Crippen LogP) is 5.24. The smallest absolute Gasteiger partial charge is 0.127 e.